The maximum atomic E-state index is 12.5. The molecule has 2 atom stereocenters. The van der Waals surface area contributed by atoms with E-state index in [1.54, 1.807) is 29.4 Å². The Morgan fingerprint density at radius 3 is 2.86 bits per heavy atom. The number of aromatic nitrogens is 2. The number of hydrogen-bond acceptors (Lipinski definition) is 9. The summed E-state index contributed by atoms with van der Waals surface area (Å²) >= 11 is 6.27. The quantitative estimate of drug-likeness (QED) is 0.299. The summed E-state index contributed by atoms with van der Waals surface area (Å²) in [5, 5.41) is 21.3. The summed E-state index contributed by atoms with van der Waals surface area (Å²) in [7, 11) is 2.09. The molecule has 10 nitrogen and oxygen atoms in total. The Hall–Kier alpha value is -4.33. The number of carbonyl (C=O) groups excluding carboxylic acids is 1. The van der Waals surface area contributed by atoms with E-state index in [1.165, 1.54) is 6.08 Å². The van der Waals surface area contributed by atoms with Crippen LogP contribution in [-0.4, -0.2) is 82.7 Å². The second-order valence-corrected chi connectivity index (χ2v) is 11.2. The van der Waals surface area contributed by atoms with Crippen molar-refractivity contribution < 1.29 is 19.1 Å². The van der Waals surface area contributed by atoms with Gasteiger partial charge in [0.25, 0.3) is 0 Å². The van der Waals surface area contributed by atoms with Gasteiger partial charge in [0.05, 0.1) is 40.7 Å². The second kappa shape index (κ2) is 11.5. The molecule has 0 unspecified atom stereocenters. The third kappa shape index (κ3) is 5.10. The molecule has 2 aliphatic heterocycles. The molecule has 11 heteroatoms. The van der Waals surface area contributed by atoms with Crippen molar-refractivity contribution in [3.63, 3.8) is 0 Å². The van der Waals surface area contributed by atoms with Crippen molar-refractivity contribution in [2.75, 3.05) is 44.7 Å². The van der Waals surface area contributed by atoms with Crippen molar-refractivity contribution in [1.29, 1.82) is 5.26 Å². The molecule has 4 aromatic rings. The number of furan rings is 1. The summed E-state index contributed by atoms with van der Waals surface area (Å²) in [6.45, 7) is 6.43. The number of hydrogen-bond donors (Lipinski definition) is 1. The van der Waals surface area contributed by atoms with Gasteiger partial charge in [-0.15, -0.1) is 0 Å². The number of likely N-dealkylation sites (N-methyl/N-ethyl adjacent to an activating group) is 1. The third-order valence-corrected chi connectivity index (χ3v) is 8.57. The fourth-order valence-electron chi connectivity index (χ4n) is 6.00. The molecule has 42 heavy (non-hydrogen) atoms. The number of aromatic hydroxyl groups is 1. The molecule has 2 aromatic carbocycles. The molecule has 4 heterocycles. The SMILES string of the molecule is C=CC(=O)N1CCN(c2nc(OC[C@@H]3CCCN3C)nc3cc(-c4ccc(O)c(Cl)c4)c4ccoc4c23)C[C@@H]1CC#N. The zero-order valence-corrected chi connectivity index (χ0v) is 24.0. The first-order valence-electron chi connectivity index (χ1n) is 14.0. The van der Waals surface area contributed by atoms with Crippen molar-refractivity contribution >= 4 is 45.2 Å². The van der Waals surface area contributed by atoms with Crippen LogP contribution in [0, 0.1) is 11.3 Å². The van der Waals surface area contributed by atoms with E-state index in [2.05, 4.69) is 29.5 Å². The number of piperazine rings is 1. The molecular weight excluding hydrogens is 556 g/mol. The van der Waals surface area contributed by atoms with Crippen LogP contribution in [0.4, 0.5) is 5.82 Å². The molecule has 0 saturated carbocycles. The molecule has 6 rings (SSSR count). The van der Waals surface area contributed by atoms with E-state index < -0.39 is 0 Å². The Bertz CT molecular complexity index is 1720. The number of ether oxygens (including phenoxy) is 1. The Labute approximate surface area is 248 Å². The van der Waals surface area contributed by atoms with E-state index in [0.29, 0.717) is 48.5 Å². The average Bonchev–Trinajstić information content (AvgIpc) is 3.65. The smallest absolute Gasteiger partial charge is 0.319 e. The molecule has 2 fully saturated rings. The number of phenols is 1. The van der Waals surface area contributed by atoms with Crippen LogP contribution in [0.3, 0.4) is 0 Å². The van der Waals surface area contributed by atoms with Crippen LogP contribution < -0.4 is 9.64 Å². The standard InChI is InChI=1S/C31H31ClN6O4/c1-3-27(40)38-13-12-37(17-20(38)8-10-33)30-28-25(34-31(35-30)42-18-21-5-4-11-36(21)2)16-23(22-9-14-41-29(22)28)19-6-7-26(39)24(32)15-19/h3,6-7,9,14-16,20-21,39H,1,4-5,8,11-13,17-18H2,2H3/t20-,21-/m0/s1. The lowest BCUT2D eigenvalue weighted by molar-refractivity contribution is -0.128. The number of likely N-dealkylation sites (tertiary alicyclic amines) is 1. The number of nitrogens with zero attached hydrogens (tertiary/aromatic N) is 6. The molecule has 2 aromatic heterocycles. The van der Waals surface area contributed by atoms with E-state index in [1.807, 2.05) is 12.1 Å². The number of phenolic OH excluding ortho intramolecular Hbond substituents is 1. The van der Waals surface area contributed by atoms with E-state index >= 15 is 0 Å². The van der Waals surface area contributed by atoms with Crippen LogP contribution in [0.15, 0.2) is 53.7 Å². The third-order valence-electron chi connectivity index (χ3n) is 8.26. The summed E-state index contributed by atoms with van der Waals surface area (Å²) in [6.07, 6.45) is 5.26. The highest BCUT2D eigenvalue weighted by Crippen LogP contribution is 2.41. The Morgan fingerprint density at radius 1 is 1.26 bits per heavy atom. The predicted molar refractivity (Wildman–Crippen MR) is 161 cm³/mol. The summed E-state index contributed by atoms with van der Waals surface area (Å²) in [4.78, 5) is 28.3. The predicted octanol–water partition coefficient (Wildman–Crippen LogP) is 4.99. The minimum Gasteiger partial charge on any atom is -0.506 e. The molecule has 216 valence electrons. The topological polar surface area (TPSA) is 119 Å². The van der Waals surface area contributed by atoms with Gasteiger partial charge in [-0.25, -0.2) is 0 Å². The van der Waals surface area contributed by atoms with Crippen LogP contribution in [0.25, 0.3) is 33.0 Å². The van der Waals surface area contributed by atoms with E-state index in [-0.39, 0.29) is 41.2 Å². The number of rotatable bonds is 7. The summed E-state index contributed by atoms with van der Waals surface area (Å²) in [5.74, 6) is 0.430. The molecular formula is C31H31ClN6O4. The van der Waals surface area contributed by atoms with Gasteiger partial charge >= 0.3 is 6.01 Å². The molecule has 0 radical (unpaired) electrons. The first-order chi connectivity index (χ1) is 20.4. The minimum atomic E-state index is -0.332. The van der Waals surface area contributed by atoms with Gasteiger partial charge in [0, 0.05) is 31.1 Å². The molecule has 2 saturated heterocycles. The Kier molecular flexibility index (Phi) is 7.62. The first kappa shape index (κ1) is 27.8. The monoisotopic (exact) mass is 586 g/mol. The minimum absolute atomic E-state index is 0.00261. The first-order valence-corrected chi connectivity index (χ1v) is 14.3. The largest absolute Gasteiger partial charge is 0.506 e. The lowest BCUT2D eigenvalue weighted by Crippen LogP contribution is -2.55. The van der Waals surface area contributed by atoms with Gasteiger partial charge in [-0.05, 0) is 67.9 Å². The van der Waals surface area contributed by atoms with Crippen LogP contribution in [-0.2, 0) is 4.79 Å². The van der Waals surface area contributed by atoms with Gasteiger partial charge < -0.3 is 29.0 Å². The molecule has 2 aliphatic rings. The van der Waals surface area contributed by atoms with Crippen LogP contribution in [0.1, 0.15) is 19.3 Å². The number of fused-ring (bicyclic) bond motifs is 3. The molecule has 0 spiro atoms. The number of anilines is 1. The number of halogens is 1. The Morgan fingerprint density at radius 2 is 2.12 bits per heavy atom. The van der Waals surface area contributed by atoms with Gasteiger partial charge in [-0.1, -0.05) is 24.2 Å². The highest BCUT2D eigenvalue weighted by atomic mass is 35.5. The lowest BCUT2D eigenvalue weighted by atomic mass is 9.99. The van der Waals surface area contributed by atoms with Gasteiger partial charge in [0.2, 0.25) is 5.91 Å². The zero-order chi connectivity index (χ0) is 29.4. The molecule has 0 bridgehead atoms. The highest BCUT2D eigenvalue weighted by Gasteiger charge is 2.32. The van der Waals surface area contributed by atoms with Crippen molar-refractivity contribution in [2.24, 2.45) is 0 Å². The van der Waals surface area contributed by atoms with Crippen molar-refractivity contribution in [1.82, 2.24) is 19.8 Å². The normalized spacial score (nSPS) is 19.4. The van der Waals surface area contributed by atoms with Gasteiger partial charge in [0.1, 0.15) is 23.8 Å². The van der Waals surface area contributed by atoms with Gasteiger partial charge in [0.15, 0.2) is 0 Å². The van der Waals surface area contributed by atoms with E-state index in [9.17, 15) is 15.2 Å². The van der Waals surface area contributed by atoms with Crippen molar-refractivity contribution in [3.05, 3.63) is 54.3 Å². The number of nitriles is 1. The Balaban J connectivity index is 1.48. The second-order valence-electron chi connectivity index (χ2n) is 10.8. The van der Waals surface area contributed by atoms with Crippen LogP contribution in [0.2, 0.25) is 5.02 Å². The summed E-state index contributed by atoms with van der Waals surface area (Å²) < 4.78 is 12.3. The summed E-state index contributed by atoms with van der Waals surface area (Å²) in [5.41, 5.74) is 2.86. The fourth-order valence-corrected chi connectivity index (χ4v) is 6.18. The number of carbonyl (C=O) groups is 1. The van der Waals surface area contributed by atoms with E-state index in [4.69, 9.17) is 30.7 Å². The van der Waals surface area contributed by atoms with Gasteiger partial charge in [-0.2, -0.15) is 15.2 Å². The van der Waals surface area contributed by atoms with Crippen LogP contribution >= 0.6 is 11.6 Å². The number of amides is 1. The zero-order valence-electron chi connectivity index (χ0n) is 23.3. The van der Waals surface area contributed by atoms with Crippen molar-refractivity contribution in [2.45, 2.75) is 31.3 Å². The molecule has 1 amide bonds. The maximum absolute atomic E-state index is 12.5. The van der Waals surface area contributed by atoms with Crippen molar-refractivity contribution in [3.8, 4) is 29.0 Å². The fraction of sp³-hybridized carbons (Fsp3) is 0.355. The molecule has 1 N–H and O–H groups in total. The summed E-state index contributed by atoms with van der Waals surface area (Å²) in [6, 6.07) is 11.3. The van der Waals surface area contributed by atoms with Crippen LogP contribution in [0.5, 0.6) is 11.8 Å². The van der Waals surface area contributed by atoms with Gasteiger partial charge in [-0.3, -0.25) is 4.79 Å². The maximum Gasteiger partial charge on any atom is 0.319 e. The lowest BCUT2D eigenvalue weighted by Gasteiger charge is -2.41. The average molecular weight is 587 g/mol. The van der Waals surface area contributed by atoms with E-state index in [0.717, 1.165) is 35.9 Å². The number of benzene rings is 2. The highest BCUT2D eigenvalue weighted by molar-refractivity contribution is 6.32. The molecule has 0 aliphatic carbocycles.